The van der Waals surface area contributed by atoms with Gasteiger partial charge in [0, 0.05) is 9.49 Å². The van der Waals surface area contributed by atoms with Crippen molar-refractivity contribution in [1.29, 1.82) is 0 Å². The fourth-order valence-electron chi connectivity index (χ4n) is 6.14. The molecule has 0 saturated carbocycles. The minimum atomic E-state index is -1.15. The maximum atomic E-state index is 13.9. The van der Waals surface area contributed by atoms with E-state index >= 15 is 0 Å². The Hall–Kier alpha value is -2.80. The number of aldehydes is 1. The Labute approximate surface area is 193 Å². The van der Waals surface area contributed by atoms with Gasteiger partial charge in [-0.2, -0.15) is 0 Å². The number of carbonyl (C=O) groups is 3. The Morgan fingerprint density at radius 1 is 0.903 bits per heavy atom. The van der Waals surface area contributed by atoms with Gasteiger partial charge < -0.3 is 4.79 Å². The molecule has 2 atom stereocenters. The minimum Gasteiger partial charge on any atom is -0.302 e. The predicted octanol–water partition coefficient (Wildman–Crippen LogP) is 4.35. The fraction of sp³-hybridized carbons (Fsp3) is 0.192. The van der Waals surface area contributed by atoms with Crippen LogP contribution >= 0.6 is 22.6 Å². The second-order valence-electron chi connectivity index (χ2n) is 8.59. The largest absolute Gasteiger partial charge is 0.302 e. The summed E-state index contributed by atoms with van der Waals surface area (Å²) >= 11 is 2.22. The van der Waals surface area contributed by atoms with Crippen molar-refractivity contribution in [3.05, 3.63) is 98.1 Å². The van der Waals surface area contributed by atoms with E-state index in [1.54, 1.807) is 0 Å². The molecule has 1 heterocycles. The van der Waals surface area contributed by atoms with E-state index in [0.717, 1.165) is 37.7 Å². The zero-order chi connectivity index (χ0) is 21.5. The molecule has 4 nitrogen and oxygen atoms in total. The lowest BCUT2D eigenvalue weighted by atomic mass is 9.48. The first kappa shape index (κ1) is 18.9. The van der Waals surface area contributed by atoms with Crippen molar-refractivity contribution in [2.45, 2.75) is 18.3 Å². The zero-order valence-corrected chi connectivity index (χ0v) is 18.9. The summed E-state index contributed by atoms with van der Waals surface area (Å²) in [6.07, 6.45) is 0.910. The quantitative estimate of drug-likeness (QED) is 0.288. The van der Waals surface area contributed by atoms with E-state index in [-0.39, 0.29) is 17.7 Å². The van der Waals surface area contributed by atoms with Gasteiger partial charge in [-0.05, 0) is 75.5 Å². The molecule has 0 spiro atoms. The highest BCUT2D eigenvalue weighted by Gasteiger charge is 2.68. The number of aryl methyl sites for hydroxylation is 1. The normalized spacial score (nSPS) is 27.7. The molecule has 0 aromatic heterocycles. The average Bonchev–Trinajstić information content (AvgIpc) is 3.05. The van der Waals surface area contributed by atoms with Crippen LogP contribution in [0.2, 0.25) is 0 Å². The van der Waals surface area contributed by atoms with Crippen molar-refractivity contribution in [2.24, 2.45) is 11.8 Å². The number of benzene rings is 3. The lowest BCUT2D eigenvalue weighted by molar-refractivity contribution is -0.128. The number of anilines is 1. The number of imide groups is 1. The first-order chi connectivity index (χ1) is 15.0. The Bertz CT molecular complexity index is 1270. The molecule has 0 unspecified atom stereocenters. The monoisotopic (exact) mass is 519 g/mol. The lowest BCUT2D eigenvalue weighted by Crippen LogP contribution is -2.54. The first-order valence-corrected chi connectivity index (χ1v) is 11.4. The number of carbonyl (C=O) groups excluding carboxylic acids is 3. The molecule has 1 aliphatic heterocycles. The van der Waals surface area contributed by atoms with E-state index < -0.39 is 17.3 Å². The molecule has 31 heavy (non-hydrogen) atoms. The SMILES string of the molecule is Cc1cc(I)ccc1N1C(=O)[C@@H]2[C@@H](C1=O)C1c3ccccc3C2(C=O)c2ccccc21. The first-order valence-electron chi connectivity index (χ1n) is 10.3. The van der Waals surface area contributed by atoms with Crippen LogP contribution in [0, 0.1) is 22.3 Å². The summed E-state index contributed by atoms with van der Waals surface area (Å²) in [7, 11) is 0. The van der Waals surface area contributed by atoms with Crippen LogP contribution in [0.1, 0.15) is 33.7 Å². The third-order valence-corrected chi connectivity index (χ3v) is 7.94. The second kappa shape index (κ2) is 6.36. The summed E-state index contributed by atoms with van der Waals surface area (Å²) in [6.45, 7) is 1.91. The van der Waals surface area contributed by atoms with E-state index in [1.165, 1.54) is 4.90 Å². The molecule has 2 bridgehead atoms. The third kappa shape index (κ3) is 2.17. The van der Waals surface area contributed by atoms with Gasteiger partial charge in [0.25, 0.3) is 0 Å². The molecule has 152 valence electrons. The van der Waals surface area contributed by atoms with Gasteiger partial charge in [-0.3, -0.25) is 9.59 Å². The van der Waals surface area contributed by atoms with E-state index in [4.69, 9.17) is 0 Å². The van der Waals surface area contributed by atoms with Crippen molar-refractivity contribution in [2.75, 3.05) is 4.90 Å². The van der Waals surface area contributed by atoms with Crippen LogP contribution in [-0.4, -0.2) is 18.1 Å². The highest BCUT2D eigenvalue weighted by Crippen LogP contribution is 2.63. The van der Waals surface area contributed by atoms with Crippen LogP contribution in [-0.2, 0) is 19.8 Å². The van der Waals surface area contributed by atoms with Crippen molar-refractivity contribution in [1.82, 2.24) is 0 Å². The molecule has 3 aromatic carbocycles. The van der Waals surface area contributed by atoms with Crippen LogP contribution in [0.25, 0.3) is 0 Å². The van der Waals surface area contributed by atoms with Crippen LogP contribution < -0.4 is 4.90 Å². The lowest BCUT2D eigenvalue weighted by Gasteiger charge is -2.51. The van der Waals surface area contributed by atoms with Gasteiger partial charge in [0.1, 0.15) is 6.29 Å². The van der Waals surface area contributed by atoms with Gasteiger partial charge in [0.05, 0.1) is 22.9 Å². The van der Waals surface area contributed by atoms with Gasteiger partial charge in [-0.25, -0.2) is 4.90 Å². The van der Waals surface area contributed by atoms with Gasteiger partial charge in [-0.1, -0.05) is 48.5 Å². The van der Waals surface area contributed by atoms with Crippen molar-refractivity contribution in [3.63, 3.8) is 0 Å². The summed E-state index contributed by atoms with van der Waals surface area (Å²) in [5.41, 5.74) is 4.02. The Kier molecular flexibility index (Phi) is 3.88. The summed E-state index contributed by atoms with van der Waals surface area (Å²) in [5, 5.41) is 0. The molecule has 4 aliphatic rings. The second-order valence-corrected chi connectivity index (χ2v) is 9.83. The maximum Gasteiger partial charge on any atom is 0.239 e. The van der Waals surface area contributed by atoms with E-state index in [1.807, 2.05) is 73.7 Å². The van der Waals surface area contributed by atoms with Crippen molar-refractivity contribution < 1.29 is 14.4 Å². The molecule has 2 amide bonds. The predicted molar refractivity (Wildman–Crippen MR) is 125 cm³/mol. The summed E-state index contributed by atoms with van der Waals surface area (Å²) in [5.74, 6) is -2.03. The zero-order valence-electron chi connectivity index (χ0n) is 16.7. The standard InChI is InChI=1S/C26H18INO3/c1-14-12-15(27)10-11-20(14)28-24(30)22-21-16-6-2-4-8-18(16)26(13-29,23(22)25(28)31)19-9-5-3-7-17(19)21/h2-13,21-23H,1H3/t21?,22-,23-,26?/m0/s1. The third-order valence-electron chi connectivity index (χ3n) is 7.27. The Balaban J connectivity index is 1.65. The van der Waals surface area contributed by atoms with E-state index in [9.17, 15) is 14.4 Å². The molecule has 0 radical (unpaired) electrons. The number of halogens is 1. The number of hydrogen-bond acceptors (Lipinski definition) is 3. The summed E-state index contributed by atoms with van der Waals surface area (Å²) in [4.78, 5) is 42.0. The maximum absolute atomic E-state index is 13.9. The molecular formula is C26H18INO3. The minimum absolute atomic E-state index is 0.209. The summed E-state index contributed by atoms with van der Waals surface area (Å²) in [6, 6.07) is 21.3. The summed E-state index contributed by atoms with van der Waals surface area (Å²) < 4.78 is 1.04. The van der Waals surface area contributed by atoms with Gasteiger partial charge >= 0.3 is 0 Å². The number of amides is 2. The molecule has 0 N–H and O–H groups in total. The molecule has 5 heteroatoms. The van der Waals surface area contributed by atoms with Gasteiger partial charge in [0.15, 0.2) is 0 Å². The number of nitrogens with zero attached hydrogens (tertiary/aromatic N) is 1. The van der Waals surface area contributed by atoms with Gasteiger partial charge in [-0.15, -0.1) is 0 Å². The molecule has 7 rings (SSSR count). The van der Waals surface area contributed by atoms with Crippen LogP contribution in [0.5, 0.6) is 0 Å². The molecular weight excluding hydrogens is 501 g/mol. The molecule has 3 aliphatic carbocycles. The molecule has 1 fully saturated rings. The number of hydrogen-bond donors (Lipinski definition) is 0. The average molecular weight is 519 g/mol. The highest BCUT2D eigenvalue weighted by atomic mass is 127. The van der Waals surface area contributed by atoms with E-state index in [2.05, 4.69) is 22.6 Å². The molecule has 3 aromatic rings. The van der Waals surface area contributed by atoms with Crippen molar-refractivity contribution >= 4 is 46.4 Å². The Morgan fingerprint density at radius 3 is 2.10 bits per heavy atom. The highest BCUT2D eigenvalue weighted by molar-refractivity contribution is 14.1. The van der Waals surface area contributed by atoms with E-state index in [0.29, 0.717) is 5.69 Å². The van der Waals surface area contributed by atoms with Crippen LogP contribution in [0.4, 0.5) is 5.69 Å². The van der Waals surface area contributed by atoms with Crippen molar-refractivity contribution in [3.8, 4) is 0 Å². The topological polar surface area (TPSA) is 54.5 Å². The van der Waals surface area contributed by atoms with Crippen LogP contribution in [0.3, 0.4) is 0 Å². The Morgan fingerprint density at radius 2 is 1.52 bits per heavy atom. The van der Waals surface area contributed by atoms with Crippen LogP contribution in [0.15, 0.2) is 66.7 Å². The molecule has 1 saturated heterocycles. The van der Waals surface area contributed by atoms with Gasteiger partial charge in [0.2, 0.25) is 11.8 Å². The number of rotatable bonds is 2. The smallest absolute Gasteiger partial charge is 0.239 e. The fourth-order valence-corrected chi connectivity index (χ4v) is 6.78.